The molecule has 0 radical (unpaired) electrons. The zero-order valence-electron chi connectivity index (χ0n) is 13.7. The number of anilines is 1. The molecule has 1 heterocycles. The molecule has 0 amide bonds. The van der Waals surface area contributed by atoms with E-state index in [1.54, 1.807) is 24.3 Å². The van der Waals surface area contributed by atoms with Gasteiger partial charge in [-0.15, -0.1) is 0 Å². The Morgan fingerprint density at radius 1 is 1.26 bits per heavy atom. The van der Waals surface area contributed by atoms with E-state index in [2.05, 4.69) is 15.1 Å². The van der Waals surface area contributed by atoms with Gasteiger partial charge in [-0.05, 0) is 57.5 Å². The molecule has 5 nitrogen and oxygen atoms in total. The summed E-state index contributed by atoms with van der Waals surface area (Å²) in [5, 5.41) is 3.20. The van der Waals surface area contributed by atoms with Crippen molar-refractivity contribution in [3.63, 3.8) is 0 Å². The van der Waals surface area contributed by atoms with Gasteiger partial charge in [0.1, 0.15) is 17.9 Å². The number of pyridine rings is 1. The Morgan fingerprint density at radius 3 is 2.61 bits per heavy atom. The quantitative estimate of drug-likeness (QED) is 0.653. The van der Waals surface area contributed by atoms with Crippen LogP contribution in [0.25, 0.3) is 4.85 Å². The van der Waals surface area contributed by atoms with Crippen LogP contribution in [0.4, 0.5) is 11.5 Å². The topological polar surface area (TPSA) is 55.6 Å². The Labute approximate surface area is 136 Å². The van der Waals surface area contributed by atoms with Crippen LogP contribution in [0, 0.1) is 13.5 Å². The van der Waals surface area contributed by atoms with Gasteiger partial charge >= 0.3 is 0 Å². The number of nitrogens with zero attached hydrogens (tertiary/aromatic N) is 2. The maximum Gasteiger partial charge on any atom is 0.228 e. The molecular formula is C18H19N3O2. The van der Waals surface area contributed by atoms with Gasteiger partial charge in [0.2, 0.25) is 11.6 Å². The molecule has 5 heteroatoms. The minimum absolute atomic E-state index is 0.223. The van der Waals surface area contributed by atoms with Crippen molar-refractivity contribution in [1.82, 2.24) is 4.98 Å². The first-order chi connectivity index (χ1) is 10.8. The van der Waals surface area contributed by atoms with E-state index in [0.29, 0.717) is 28.7 Å². The van der Waals surface area contributed by atoms with Gasteiger partial charge in [0.25, 0.3) is 0 Å². The van der Waals surface area contributed by atoms with Crippen LogP contribution in [0.3, 0.4) is 0 Å². The van der Waals surface area contributed by atoms with E-state index in [1.807, 2.05) is 33.8 Å². The van der Waals surface area contributed by atoms with Crippen LogP contribution in [0.1, 0.15) is 36.7 Å². The third-order valence-electron chi connectivity index (χ3n) is 3.06. The van der Waals surface area contributed by atoms with Crippen molar-refractivity contribution in [1.29, 1.82) is 0 Å². The number of hydrogen-bond acceptors (Lipinski definition) is 4. The summed E-state index contributed by atoms with van der Waals surface area (Å²) in [6.07, 6.45) is 0.796. The summed E-state index contributed by atoms with van der Waals surface area (Å²) in [5.41, 5.74) is 1.68. The van der Waals surface area contributed by atoms with Crippen molar-refractivity contribution in [2.24, 2.45) is 0 Å². The summed E-state index contributed by atoms with van der Waals surface area (Å²) >= 11 is 0. The van der Waals surface area contributed by atoms with Crippen molar-refractivity contribution < 1.29 is 9.53 Å². The summed E-state index contributed by atoms with van der Waals surface area (Å²) in [5.74, 6) is 1.38. The lowest BCUT2D eigenvalue weighted by molar-refractivity contribution is 0.112. The van der Waals surface area contributed by atoms with Crippen LogP contribution in [0.5, 0.6) is 11.6 Å². The summed E-state index contributed by atoms with van der Waals surface area (Å²) < 4.78 is 5.72. The number of aromatic nitrogens is 1. The van der Waals surface area contributed by atoms with Crippen LogP contribution in [-0.2, 0) is 0 Å². The van der Waals surface area contributed by atoms with Crippen molar-refractivity contribution in [2.75, 3.05) is 5.32 Å². The molecule has 0 aliphatic carbocycles. The molecule has 1 aromatic carbocycles. The molecule has 0 fully saturated rings. The van der Waals surface area contributed by atoms with Crippen LogP contribution < -0.4 is 10.1 Å². The number of aryl methyl sites for hydroxylation is 1. The zero-order valence-corrected chi connectivity index (χ0v) is 13.7. The number of aldehydes is 1. The summed E-state index contributed by atoms with van der Waals surface area (Å²) in [4.78, 5) is 18.8. The van der Waals surface area contributed by atoms with E-state index in [1.165, 1.54) is 0 Å². The molecule has 0 saturated carbocycles. The van der Waals surface area contributed by atoms with E-state index in [4.69, 9.17) is 11.3 Å². The third-order valence-corrected chi connectivity index (χ3v) is 3.06. The molecule has 0 atom stereocenters. The summed E-state index contributed by atoms with van der Waals surface area (Å²) in [6, 6.07) is 8.58. The SMILES string of the molecule is [C-]#[N+]c1ccc(Oc2ccc(C)c(C=O)c2)nc1NC(C)(C)C. The largest absolute Gasteiger partial charge is 0.439 e. The van der Waals surface area contributed by atoms with E-state index in [-0.39, 0.29) is 5.54 Å². The van der Waals surface area contributed by atoms with Crippen molar-refractivity contribution >= 4 is 17.8 Å². The van der Waals surface area contributed by atoms with E-state index in [9.17, 15) is 4.79 Å². The first-order valence-electron chi connectivity index (χ1n) is 7.23. The minimum Gasteiger partial charge on any atom is -0.439 e. The molecule has 2 aromatic rings. The molecule has 0 spiro atoms. The predicted molar refractivity (Wildman–Crippen MR) is 90.5 cm³/mol. The van der Waals surface area contributed by atoms with Crippen molar-refractivity contribution in [3.8, 4) is 11.6 Å². The van der Waals surface area contributed by atoms with Crippen LogP contribution in [-0.4, -0.2) is 16.8 Å². The second-order valence-corrected chi connectivity index (χ2v) is 6.24. The highest BCUT2D eigenvalue weighted by molar-refractivity contribution is 5.78. The van der Waals surface area contributed by atoms with Gasteiger partial charge in [0, 0.05) is 11.1 Å². The van der Waals surface area contributed by atoms with Gasteiger partial charge in [-0.1, -0.05) is 6.07 Å². The third kappa shape index (κ3) is 4.30. The second-order valence-electron chi connectivity index (χ2n) is 6.24. The zero-order chi connectivity index (χ0) is 17.0. The molecule has 0 unspecified atom stereocenters. The summed E-state index contributed by atoms with van der Waals surface area (Å²) in [7, 11) is 0. The molecule has 118 valence electrons. The van der Waals surface area contributed by atoms with Crippen molar-refractivity contribution in [3.05, 3.63) is 52.9 Å². The standard InChI is InChI=1S/C18H19N3O2/c1-12-6-7-14(10-13(12)11-22)23-16-9-8-15(19-5)17(20-16)21-18(2,3)4/h6-11H,1-4H3,(H,20,21). The molecule has 0 bridgehead atoms. The molecular weight excluding hydrogens is 290 g/mol. The highest BCUT2D eigenvalue weighted by Crippen LogP contribution is 2.30. The Bertz CT molecular complexity index is 771. The van der Waals surface area contributed by atoms with Gasteiger partial charge in [-0.2, -0.15) is 0 Å². The van der Waals surface area contributed by atoms with Gasteiger partial charge in [-0.25, -0.2) is 9.83 Å². The lowest BCUT2D eigenvalue weighted by Gasteiger charge is -2.22. The van der Waals surface area contributed by atoms with Gasteiger partial charge in [0.15, 0.2) is 0 Å². The fourth-order valence-corrected chi connectivity index (χ4v) is 1.96. The lowest BCUT2D eigenvalue weighted by Crippen LogP contribution is -2.26. The molecule has 0 saturated heterocycles. The van der Waals surface area contributed by atoms with Gasteiger partial charge < -0.3 is 10.1 Å². The van der Waals surface area contributed by atoms with E-state index >= 15 is 0 Å². The fourth-order valence-electron chi connectivity index (χ4n) is 1.96. The maximum absolute atomic E-state index is 11.0. The van der Waals surface area contributed by atoms with E-state index < -0.39 is 0 Å². The highest BCUT2D eigenvalue weighted by atomic mass is 16.5. The normalized spacial score (nSPS) is 10.7. The highest BCUT2D eigenvalue weighted by Gasteiger charge is 2.15. The summed E-state index contributed by atoms with van der Waals surface area (Å²) in [6.45, 7) is 15.1. The number of rotatable bonds is 4. The number of hydrogen-bond donors (Lipinski definition) is 1. The smallest absolute Gasteiger partial charge is 0.228 e. The fraction of sp³-hybridized carbons (Fsp3) is 0.278. The first-order valence-corrected chi connectivity index (χ1v) is 7.23. The number of benzene rings is 1. The molecule has 0 aliphatic heterocycles. The molecule has 23 heavy (non-hydrogen) atoms. The van der Waals surface area contributed by atoms with E-state index in [0.717, 1.165) is 11.8 Å². The average Bonchev–Trinajstić information content (AvgIpc) is 2.48. The Kier molecular flexibility index (Phi) is 4.65. The van der Waals surface area contributed by atoms with Gasteiger partial charge in [0.05, 0.1) is 6.57 Å². The Morgan fingerprint density at radius 2 is 2.00 bits per heavy atom. The first kappa shape index (κ1) is 16.5. The second kappa shape index (κ2) is 6.49. The predicted octanol–water partition coefficient (Wildman–Crippen LogP) is 4.76. The number of nitrogens with one attached hydrogen (secondary N) is 1. The Balaban J connectivity index is 2.32. The van der Waals surface area contributed by atoms with Crippen LogP contribution in [0.2, 0.25) is 0 Å². The molecule has 2 rings (SSSR count). The average molecular weight is 309 g/mol. The minimum atomic E-state index is -0.223. The monoisotopic (exact) mass is 309 g/mol. The maximum atomic E-state index is 11.0. The lowest BCUT2D eigenvalue weighted by atomic mass is 10.1. The molecule has 1 N–H and O–H groups in total. The number of ether oxygens (including phenoxy) is 1. The van der Waals surface area contributed by atoms with Crippen LogP contribution >= 0.6 is 0 Å². The number of carbonyl (C=O) groups is 1. The number of carbonyl (C=O) groups excluding carboxylic acids is 1. The van der Waals surface area contributed by atoms with Crippen LogP contribution in [0.15, 0.2) is 30.3 Å². The van der Waals surface area contributed by atoms with Crippen molar-refractivity contribution in [2.45, 2.75) is 33.2 Å². The molecule has 0 aliphatic rings. The van der Waals surface area contributed by atoms with Gasteiger partial charge in [-0.3, -0.25) is 4.79 Å². The Hall–Kier alpha value is -2.87. The molecule has 1 aromatic heterocycles.